The van der Waals surface area contributed by atoms with E-state index in [2.05, 4.69) is 10.0 Å². The first-order valence-electron chi connectivity index (χ1n) is 6.79. The first-order chi connectivity index (χ1) is 10.4. The highest BCUT2D eigenvalue weighted by Gasteiger charge is 2.20. The molecular formula is C15H18N2O3S2. The minimum atomic E-state index is -3.57. The molecule has 118 valence electrons. The maximum atomic E-state index is 12.4. The molecule has 0 aliphatic heterocycles. The van der Waals surface area contributed by atoms with Gasteiger partial charge in [-0.2, -0.15) is 0 Å². The van der Waals surface area contributed by atoms with Gasteiger partial charge in [0.05, 0.1) is 6.54 Å². The smallest absolute Gasteiger partial charge is 0.250 e. The van der Waals surface area contributed by atoms with E-state index in [0.29, 0.717) is 6.54 Å². The van der Waals surface area contributed by atoms with E-state index in [1.54, 1.807) is 19.1 Å². The van der Waals surface area contributed by atoms with E-state index in [1.165, 1.54) is 6.92 Å². The fourth-order valence-electron chi connectivity index (χ4n) is 1.91. The molecule has 0 radical (unpaired) electrons. The van der Waals surface area contributed by atoms with E-state index in [9.17, 15) is 13.2 Å². The monoisotopic (exact) mass is 338 g/mol. The van der Waals surface area contributed by atoms with Gasteiger partial charge in [0.15, 0.2) is 0 Å². The molecule has 1 aromatic heterocycles. The molecule has 1 amide bonds. The van der Waals surface area contributed by atoms with Crippen LogP contribution in [-0.4, -0.2) is 14.3 Å². The topological polar surface area (TPSA) is 75.3 Å². The molecule has 5 nitrogen and oxygen atoms in total. The van der Waals surface area contributed by atoms with Gasteiger partial charge < -0.3 is 5.32 Å². The molecule has 1 heterocycles. The molecule has 0 bridgehead atoms. The lowest BCUT2D eigenvalue weighted by molar-refractivity contribution is -0.119. The van der Waals surface area contributed by atoms with Gasteiger partial charge in [0.2, 0.25) is 5.91 Å². The molecule has 22 heavy (non-hydrogen) atoms. The van der Waals surface area contributed by atoms with E-state index >= 15 is 0 Å². The number of sulfonamides is 1. The second-order valence-electron chi connectivity index (χ2n) is 4.88. The summed E-state index contributed by atoms with van der Waals surface area (Å²) in [6.45, 7) is 3.57. The van der Waals surface area contributed by atoms with Gasteiger partial charge in [0.25, 0.3) is 10.0 Å². The number of hydrogen-bond donors (Lipinski definition) is 2. The Morgan fingerprint density at radius 3 is 2.50 bits per heavy atom. The second kappa shape index (κ2) is 7.04. The van der Waals surface area contributed by atoms with Crippen LogP contribution in [0.4, 0.5) is 0 Å². The van der Waals surface area contributed by atoms with E-state index < -0.39 is 10.0 Å². The van der Waals surface area contributed by atoms with Gasteiger partial charge in [-0.1, -0.05) is 30.3 Å². The van der Waals surface area contributed by atoms with Crippen molar-refractivity contribution in [2.24, 2.45) is 0 Å². The number of carbonyl (C=O) groups excluding carboxylic acids is 1. The van der Waals surface area contributed by atoms with Crippen LogP contribution in [0.1, 0.15) is 30.3 Å². The molecule has 1 aromatic carbocycles. The van der Waals surface area contributed by atoms with Crippen molar-refractivity contribution in [2.75, 3.05) is 0 Å². The van der Waals surface area contributed by atoms with Crippen molar-refractivity contribution < 1.29 is 13.2 Å². The van der Waals surface area contributed by atoms with Gasteiger partial charge in [-0.25, -0.2) is 13.1 Å². The molecule has 0 aliphatic rings. The Kier molecular flexibility index (Phi) is 5.33. The molecule has 0 spiro atoms. The minimum absolute atomic E-state index is 0.145. The number of benzene rings is 1. The summed E-state index contributed by atoms with van der Waals surface area (Å²) in [5.74, 6) is -0.145. The van der Waals surface area contributed by atoms with Crippen LogP contribution in [0, 0.1) is 0 Å². The fourth-order valence-corrected chi connectivity index (χ4v) is 4.45. The predicted molar refractivity (Wildman–Crippen MR) is 87.0 cm³/mol. The number of amides is 1. The Morgan fingerprint density at radius 2 is 1.86 bits per heavy atom. The summed E-state index contributed by atoms with van der Waals surface area (Å²) in [6.07, 6.45) is 0. The molecule has 0 fully saturated rings. The third-order valence-corrected chi connectivity index (χ3v) is 6.16. The zero-order chi connectivity index (χ0) is 16.2. The summed E-state index contributed by atoms with van der Waals surface area (Å²) in [4.78, 5) is 11.7. The Morgan fingerprint density at radius 1 is 1.18 bits per heavy atom. The molecule has 7 heteroatoms. The highest BCUT2D eigenvalue weighted by atomic mass is 32.2. The standard InChI is InChI=1S/C15H18N2O3S2/c1-11(13-6-4-3-5-7-13)17-22(19,20)15-9-8-14(21-15)10-16-12(2)18/h3-9,11,17H,10H2,1-2H3,(H,16,18)/t11-/m1/s1. The third kappa shape index (κ3) is 4.40. The van der Waals surface area contributed by atoms with Gasteiger partial charge in [0, 0.05) is 17.8 Å². The highest BCUT2D eigenvalue weighted by molar-refractivity contribution is 7.91. The summed E-state index contributed by atoms with van der Waals surface area (Å²) in [5.41, 5.74) is 0.904. The highest BCUT2D eigenvalue weighted by Crippen LogP contribution is 2.23. The Balaban J connectivity index is 2.08. The van der Waals surface area contributed by atoms with E-state index in [0.717, 1.165) is 21.8 Å². The maximum Gasteiger partial charge on any atom is 0.250 e. The van der Waals surface area contributed by atoms with E-state index in [1.807, 2.05) is 30.3 Å². The molecule has 1 atom stereocenters. The van der Waals surface area contributed by atoms with Crippen molar-refractivity contribution in [3.8, 4) is 0 Å². The van der Waals surface area contributed by atoms with Crippen LogP contribution in [0.25, 0.3) is 0 Å². The van der Waals surface area contributed by atoms with Crippen LogP contribution in [0.3, 0.4) is 0 Å². The van der Waals surface area contributed by atoms with Crippen LogP contribution in [0.5, 0.6) is 0 Å². The first kappa shape index (κ1) is 16.7. The number of hydrogen-bond acceptors (Lipinski definition) is 4. The summed E-state index contributed by atoms with van der Waals surface area (Å²) < 4.78 is 27.7. The zero-order valence-corrected chi connectivity index (χ0v) is 14.0. The van der Waals surface area contributed by atoms with Crippen LogP contribution >= 0.6 is 11.3 Å². The summed E-state index contributed by atoms with van der Waals surface area (Å²) in [6, 6.07) is 12.3. The molecule has 0 saturated heterocycles. The first-order valence-corrected chi connectivity index (χ1v) is 9.09. The average molecular weight is 338 g/mol. The van der Waals surface area contributed by atoms with Crippen LogP contribution < -0.4 is 10.0 Å². The van der Waals surface area contributed by atoms with Crippen molar-refractivity contribution in [3.63, 3.8) is 0 Å². The summed E-state index contributed by atoms with van der Waals surface area (Å²) in [5, 5.41) is 2.65. The zero-order valence-electron chi connectivity index (χ0n) is 12.4. The third-order valence-electron chi connectivity index (χ3n) is 3.04. The summed E-state index contributed by atoms with van der Waals surface area (Å²) in [7, 11) is -3.57. The fraction of sp³-hybridized carbons (Fsp3) is 0.267. The van der Waals surface area contributed by atoms with Crippen molar-refractivity contribution in [2.45, 2.75) is 30.6 Å². The van der Waals surface area contributed by atoms with Gasteiger partial charge in [-0.15, -0.1) is 11.3 Å². The lowest BCUT2D eigenvalue weighted by Crippen LogP contribution is -2.26. The number of nitrogens with one attached hydrogen (secondary N) is 2. The van der Waals surface area contributed by atoms with Gasteiger partial charge in [0.1, 0.15) is 4.21 Å². The molecule has 0 saturated carbocycles. The lowest BCUT2D eigenvalue weighted by Gasteiger charge is -2.13. The van der Waals surface area contributed by atoms with Crippen LogP contribution in [0.15, 0.2) is 46.7 Å². The lowest BCUT2D eigenvalue weighted by atomic mass is 10.1. The normalized spacial score (nSPS) is 12.8. The second-order valence-corrected chi connectivity index (χ2v) is 7.99. The quantitative estimate of drug-likeness (QED) is 0.849. The SMILES string of the molecule is CC(=O)NCc1ccc(S(=O)(=O)N[C@H](C)c2ccccc2)s1. The van der Waals surface area contributed by atoms with Crippen molar-refractivity contribution in [3.05, 3.63) is 52.9 Å². The van der Waals surface area contributed by atoms with Crippen molar-refractivity contribution >= 4 is 27.3 Å². The Labute approximate surface area is 134 Å². The molecule has 2 N–H and O–H groups in total. The molecular weight excluding hydrogens is 320 g/mol. The molecule has 2 aromatic rings. The Bertz CT molecular complexity index is 739. The van der Waals surface area contributed by atoms with Crippen LogP contribution in [0.2, 0.25) is 0 Å². The van der Waals surface area contributed by atoms with Gasteiger partial charge >= 0.3 is 0 Å². The maximum absolute atomic E-state index is 12.4. The van der Waals surface area contributed by atoms with E-state index in [4.69, 9.17) is 0 Å². The number of rotatable bonds is 6. The van der Waals surface area contributed by atoms with Crippen molar-refractivity contribution in [1.29, 1.82) is 0 Å². The average Bonchev–Trinajstić information content (AvgIpc) is 2.95. The molecule has 2 rings (SSSR count). The summed E-state index contributed by atoms with van der Waals surface area (Å²) >= 11 is 1.15. The predicted octanol–water partition coefficient (Wildman–Crippen LogP) is 2.42. The van der Waals surface area contributed by atoms with E-state index in [-0.39, 0.29) is 16.2 Å². The van der Waals surface area contributed by atoms with Crippen LogP contribution in [-0.2, 0) is 21.4 Å². The minimum Gasteiger partial charge on any atom is -0.351 e. The number of carbonyl (C=O) groups is 1. The van der Waals surface area contributed by atoms with Gasteiger partial charge in [-0.05, 0) is 24.6 Å². The molecule has 0 aliphatic carbocycles. The Hall–Kier alpha value is -1.70. The largest absolute Gasteiger partial charge is 0.351 e. The van der Waals surface area contributed by atoms with Crippen molar-refractivity contribution in [1.82, 2.24) is 10.0 Å². The molecule has 0 unspecified atom stereocenters. The number of thiophene rings is 1. The van der Waals surface area contributed by atoms with Gasteiger partial charge in [-0.3, -0.25) is 4.79 Å².